The zero-order valence-corrected chi connectivity index (χ0v) is 15.5. The molecular formula is C21H26S2. The van der Waals surface area contributed by atoms with Gasteiger partial charge < -0.3 is 0 Å². The minimum absolute atomic E-state index is 1.21. The third-order valence-electron chi connectivity index (χ3n) is 5.45. The minimum Gasteiger partial charge on any atom is -0.149 e. The average molecular weight is 343 g/mol. The first-order valence-corrected chi connectivity index (χ1v) is 11.0. The Hall–Kier alpha value is -0.860. The Balaban J connectivity index is 1.75. The molecule has 0 radical (unpaired) electrons. The molecule has 2 heterocycles. The van der Waals surface area contributed by atoms with Gasteiger partial charge in [0.2, 0.25) is 0 Å². The predicted octanol–water partition coefficient (Wildman–Crippen LogP) is 7.04. The van der Waals surface area contributed by atoms with Crippen molar-refractivity contribution in [3.05, 3.63) is 49.3 Å². The summed E-state index contributed by atoms with van der Waals surface area (Å²) in [6.45, 7) is 0. The molecule has 2 aliphatic rings. The van der Waals surface area contributed by atoms with Crippen molar-refractivity contribution in [2.24, 2.45) is 0 Å². The van der Waals surface area contributed by atoms with E-state index in [2.05, 4.69) is 22.9 Å². The number of rotatable bonds is 0. The van der Waals surface area contributed by atoms with Crippen molar-refractivity contribution in [3.63, 3.8) is 0 Å². The van der Waals surface area contributed by atoms with Crippen molar-refractivity contribution in [3.8, 4) is 0 Å². The molecule has 2 aromatic heterocycles. The summed E-state index contributed by atoms with van der Waals surface area (Å²) in [6.07, 6.45) is 14.8. The molecule has 0 saturated carbocycles. The van der Waals surface area contributed by atoms with Crippen LogP contribution in [0.25, 0.3) is 5.57 Å². The topological polar surface area (TPSA) is 0 Å². The summed E-state index contributed by atoms with van der Waals surface area (Å²) in [7, 11) is 0. The Morgan fingerprint density at radius 1 is 0.652 bits per heavy atom. The first-order valence-electron chi connectivity index (χ1n) is 9.24. The van der Waals surface area contributed by atoms with E-state index in [4.69, 9.17) is 0 Å². The van der Waals surface area contributed by atoms with Gasteiger partial charge in [-0.05, 0) is 97.4 Å². The minimum atomic E-state index is 1.21. The Labute approximate surface area is 148 Å². The third kappa shape index (κ3) is 3.49. The molecule has 2 aliphatic carbocycles. The van der Waals surface area contributed by atoms with Gasteiger partial charge in [-0.2, -0.15) is 0 Å². The molecule has 0 aromatic carbocycles. The Bertz CT molecular complexity index is 686. The summed E-state index contributed by atoms with van der Waals surface area (Å²) >= 11 is 3.96. The van der Waals surface area contributed by atoms with Gasteiger partial charge in [-0.3, -0.25) is 0 Å². The van der Waals surface area contributed by atoms with Gasteiger partial charge in [0.15, 0.2) is 0 Å². The van der Waals surface area contributed by atoms with Crippen molar-refractivity contribution in [1.29, 1.82) is 0 Å². The molecule has 0 aliphatic heterocycles. The number of hydrogen-bond acceptors (Lipinski definition) is 2. The molecule has 0 spiro atoms. The number of allylic oxidation sites excluding steroid dienone is 2. The summed E-state index contributed by atoms with van der Waals surface area (Å²) in [6, 6.07) is 4.80. The maximum Gasteiger partial charge on any atom is 0.0120 e. The van der Waals surface area contributed by atoms with Crippen LogP contribution in [0.5, 0.6) is 0 Å². The van der Waals surface area contributed by atoms with Crippen LogP contribution in [-0.4, -0.2) is 0 Å². The van der Waals surface area contributed by atoms with Crippen LogP contribution < -0.4 is 0 Å². The van der Waals surface area contributed by atoms with Crippen molar-refractivity contribution >= 4 is 28.2 Å². The van der Waals surface area contributed by atoms with Crippen LogP contribution in [0.15, 0.2) is 28.5 Å². The van der Waals surface area contributed by atoms with Gasteiger partial charge in [0.25, 0.3) is 0 Å². The van der Waals surface area contributed by atoms with Crippen molar-refractivity contribution in [1.82, 2.24) is 0 Å². The molecule has 0 bridgehead atoms. The number of fused-ring (bicyclic) bond motifs is 2. The molecule has 2 heteroatoms. The molecule has 0 saturated heterocycles. The van der Waals surface area contributed by atoms with Crippen molar-refractivity contribution in [2.45, 2.75) is 70.6 Å². The van der Waals surface area contributed by atoms with Gasteiger partial charge in [0.05, 0.1) is 0 Å². The quantitative estimate of drug-likeness (QED) is 0.481. The van der Waals surface area contributed by atoms with E-state index >= 15 is 0 Å². The van der Waals surface area contributed by atoms with Gasteiger partial charge in [-0.15, -0.1) is 22.7 Å². The first kappa shape index (κ1) is 15.7. The molecule has 23 heavy (non-hydrogen) atoms. The molecule has 122 valence electrons. The molecular weight excluding hydrogens is 316 g/mol. The molecule has 0 unspecified atom stereocenters. The van der Waals surface area contributed by atoms with E-state index in [0.717, 1.165) is 0 Å². The monoisotopic (exact) mass is 342 g/mol. The molecule has 0 atom stereocenters. The SMILES string of the molecule is c1cc2c(s1)CCCC/C(=C1/CCCCCCc3sccc31)C2. The predicted molar refractivity (Wildman–Crippen MR) is 104 cm³/mol. The van der Waals surface area contributed by atoms with Gasteiger partial charge in [-0.1, -0.05) is 18.4 Å². The van der Waals surface area contributed by atoms with Crippen LogP contribution in [-0.2, 0) is 19.3 Å². The smallest absolute Gasteiger partial charge is 0.0120 e. The van der Waals surface area contributed by atoms with Gasteiger partial charge in [0, 0.05) is 9.75 Å². The lowest BCUT2D eigenvalue weighted by atomic mass is 9.87. The van der Waals surface area contributed by atoms with E-state index in [-0.39, 0.29) is 0 Å². The van der Waals surface area contributed by atoms with E-state index in [0.29, 0.717) is 0 Å². The third-order valence-corrected chi connectivity index (χ3v) is 7.46. The van der Waals surface area contributed by atoms with Crippen LogP contribution in [0.1, 0.15) is 72.2 Å². The number of thiophene rings is 2. The highest BCUT2D eigenvalue weighted by Gasteiger charge is 2.18. The van der Waals surface area contributed by atoms with Crippen molar-refractivity contribution in [2.75, 3.05) is 0 Å². The fraction of sp³-hybridized carbons (Fsp3) is 0.524. The standard InChI is InChI=1S/C21H26S2/c1-2-4-10-21-19(12-14-23-21)18(8-3-1)16-7-5-6-9-20-17(15-16)11-13-22-20/h11-14H,1-10,15H2/b18-16+. The second-order valence-electron chi connectivity index (χ2n) is 7.01. The van der Waals surface area contributed by atoms with E-state index in [1.807, 2.05) is 22.7 Å². The first-order chi connectivity index (χ1) is 11.4. The van der Waals surface area contributed by atoms with Gasteiger partial charge in [-0.25, -0.2) is 0 Å². The average Bonchev–Trinajstić information content (AvgIpc) is 3.16. The van der Waals surface area contributed by atoms with E-state index in [1.54, 1.807) is 32.0 Å². The molecule has 0 amide bonds. The normalized spacial score (nSPS) is 23.0. The van der Waals surface area contributed by atoms with E-state index in [1.165, 1.54) is 70.6 Å². The molecule has 4 rings (SSSR count). The molecule has 0 N–H and O–H groups in total. The lowest BCUT2D eigenvalue weighted by Gasteiger charge is -2.19. The van der Waals surface area contributed by atoms with E-state index in [9.17, 15) is 0 Å². The summed E-state index contributed by atoms with van der Waals surface area (Å²) in [5.41, 5.74) is 6.71. The fourth-order valence-corrected chi connectivity index (χ4v) is 6.09. The largest absolute Gasteiger partial charge is 0.149 e. The van der Waals surface area contributed by atoms with Crippen molar-refractivity contribution < 1.29 is 0 Å². The second-order valence-corrected chi connectivity index (χ2v) is 9.01. The summed E-state index contributed by atoms with van der Waals surface area (Å²) < 4.78 is 0. The molecule has 2 aromatic rings. The zero-order valence-electron chi connectivity index (χ0n) is 13.9. The zero-order chi connectivity index (χ0) is 15.5. The Kier molecular flexibility index (Phi) is 5.01. The second kappa shape index (κ2) is 7.36. The Morgan fingerprint density at radius 2 is 1.35 bits per heavy atom. The van der Waals surface area contributed by atoms with Gasteiger partial charge in [0.1, 0.15) is 0 Å². The van der Waals surface area contributed by atoms with Crippen LogP contribution in [0.4, 0.5) is 0 Å². The maximum atomic E-state index is 2.42. The highest BCUT2D eigenvalue weighted by atomic mass is 32.1. The lowest BCUT2D eigenvalue weighted by Crippen LogP contribution is -2.03. The van der Waals surface area contributed by atoms with Crippen LogP contribution >= 0.6 is 22.7 Å². The summed E-state index contributed by atoms with van der Waals surface area (Å²) in [5, 5.41) is 4.63. The summed E-state index contributed by atoms with van der Waals surface area (Å²) in [5.74, 6) is 0. The molecule has 0 nitrogen and oxygen atoms in total. The number of aryl methyl sites for hydroxylation is 2. The lowest BCUT2D eigenvalue weighted by molar-refractivity contribution is 0.655. The van der Waals surface area contributed by atoms with Crippen LogP contribution in [0, 0.1) is 0 Å². The Morgan fingerprint density at radius 3 is 2.30 bits per heavy atom. The highest BCUT2D eigenvalue weighted by Crippen LogP contribution is 2.38. The highest BCUT2D eigenvalue weighted by molar-refractivity contribution is 7.10. The van der Waals surface area contributed by atoms with Crippen LogP contribution in [0.3, 0.4) is 0 Å². The van der Waals surface area contributed by atoms with E-state index < -0.39 is 0 Å². The fourth-order valence-electron chi connectivity index (χ4n) is 4.19. The van der Waals surface area contributed by atoms with Gasteiger partial charge >= 0.3 is 0 Å². The molecule has 0 fully saturated rings. The van der Waals surface area contributed by atoms with Crippen LogP contribution in [0.2, 0.25) is 0 Å². The maximum absolute atomic E-state index is 2.42. The summed E-state index contributed by atoms with van der Waals surface area (Å²) in [4.78, 5) is 3.30. The number of hydrogen-bond donors (Lipinski definition) is 0.